The summed E-state index contributed by atoms with van der Waals surface area (Å²) in [4.78, 5) is 0. The second-order valence-electron chi connectivity index (χ2n) is 3.06. The molecule has 0 nitrogen and oxygen atoms in total. The maximum absolute atomic E-state index is 12.3. The Morgan fingerprint density at radius 2 is 2.09 bits per heavy atom. The summed E-state index contributed by atoms with van der Waals surface area (Å²) in [5.74, 6) is -0.206. The van der Waals surface area contributed by atoms with Gasteiger partial charge in [-0.3, -0.25) is 0 Å². The van der Waals surface area contributed by atoms with Crippen molar-refractivity contribution in [3.63, 3.8) is 0 Å². The molecule has 0 spiro atoms. The van der Waals surface area contributed by atoms with Crippen LogP contribution in [0.3, 0.4) is 0 Å². The molecule has 66 valence electrons. The molecule has 0 aliphatic heterocycles. The third-order valence-electron chi connectivity index (χ3n) is 2.61. The van der Waals surface area contributed by atoms with Gasteiger partial charge in [0, 0.05) is 5.88 Å². The third-order valence-corrected chi connectivity index (χ3v) is 2.99. The zero-order valence-corrected chi connectivity index (χ0v) is 6.97. The molecule has 0 aromatic heterocycles. The Hall–Kier alpha value is 0.0800. The topological polar surface area (TPSA) is 0 Å². The van der Waals surface area contributed by atoms with E-state index in [9.17, 15) is 13.2 Å². The molecule has 2 unspecified atom stereocenters. The summed E-state index contributed by atoms with van der Waals surface area (Å²) in [5.41, 5.74) is -1.44. The van der Waals surface area contributed by atoms with Gasteiger partial charge < -0.3 is 0 Å². The highest BCUT2D eigenvalue weighted by Gasteiger charge is 2.68. The van der Waals surface area contributed by atoms with Crippen LogP contribution in [0, 0.1) is 11.3 Å². The van der Waals surface area contributed by atoms with Crippen LogP contribution in [-0.4, -0.2) is 12.1 Å². The van der Waals surface area contributed by atoms with Crippen molar-refractivity contribution in [1.82, 2.24) is 0 Å². The number of hydrogen-bond donors (Lipinski definition) is 0. The van der Waals surface area contributed by atoms with E-state index in [0.29, 0.717) is 0 Å². The Kier molecular flexibility index (Phi) is 2.12. The molecule has 11 heavy (non-hydrogen) atoms. The first-order valence-corrected chi connectivity index (χ1v) is 4.14. The highest BCUT2D eigenvalue weighted by atomic mass is 35.5. The summed E-state index contributed by atoms with van der Waals surface area (Å²) in [6.45, 7) is 1.57. The second-order valence-corrected chi connectivity index (χ2v) is 3.37. The molecular weight excluding hydrogens is 177 g/mol. The first kappa shape index (κ1) is 9.17. The van der Waals surface area contributed by atoms with Crippen LogP contribution in [0.15, 0.2) is 0 Å². The van der Waals surface area contributed by atoms with Crippen molar-refractivity contribution in [2.75, 3.05) is 5.88 Å². The molecule has 0 bridgehead atoms. The number of hydrogen-bond acceptors (Lipinski definition) is 0. The van der Waals surface area contributed by atoms with Crippen molar-refractivity contribution in [3.8, 4) is 0 Å². The van der Waals surface area contributed by atoms with Gasteiger partial charge in [0.15, 0.2) is 0 Å². The van der Waals surface area contributed by atoms with Crippen molar-refractivity contribution in [2.24, 2.45) is 11.3 Å². The lowest BCUT2D eigenvalue weighted by molar-refractivity contribution is -0.192. The van der Waals surface area contributed by atoms with Gasteiger partial charge in [0.05, 0.1) is 5.41 Å². The van der Waals surface area contributed by atoms with E-state index in [1.54, 1.807) is 6.92 Å². The Bertz CT molecular complexity index is 154. The fraction of sp³-hybridized carbons (Fsp3) is 1.00. The van der Waals surface area contributed by atoms with Gasteiger partial charge >= 0.3 is 6.18 Å². The molecule has 0 saturated heterocycles. The summed E-state index contributed by atoms with van der Waals surface area (Å²) in [6.07, 6.45) is -3.67. The lowest BCUT2D eigenvalue weighted by Crippen LogP contribution is -2.26. The Morgan fingerprint density at radius 1 is 1.55 bits per heavy atom. The Labute approximate surface area is 68.7 Å². The van der Waals surface area contributed by atoms with Crippen molar-refractivity contribution >= 4 is 11.6 Å². The van der Waals surface area contributed by atoms with E-state index in [0.717, 1.165) is 0 Å². The van der Waals surface area contributed by atoms with Gasteiger partial charge in [-0.2, -0.15) is 13.2 Å². The van der Waals surface area contributed by atoms with E-state index in [1.807, 2.05) is 0 Å². The SMILES string of the molecule is CCC1(C(F)(F)F)CC1CCl. The van der Waals surface area contributed by atoms with Gasteiger partial charge in [0.2, 0.25) is 0 Å². The summed E-state index contributed by atoms with van der Waals surface area (Å²) in [5, 5.41) is 0. The molecule has 0 aromatic carbocycles. The minimum Gasteiger partial charge on any atom is -0.170 e. The molecule has 0 heterocycles. The normalized spacial score (nSPS) is 37.4. The van der Waals surface area contributed by atoms with Gasteiger partial charge in [-0.1, -0.05) is 6.92 Å². The maximum Gasteiger partial charge on any atom is 0.394 e. The standard InChI is InChI=1S/C7H10ClF3/c1-2-6(7(9,10)11)3-5(6)4-8/h5H,2-4H2,1H3. The highest BCUT2D eigenvalue weighted by molar-refractivity contribution is 6.18. The third kappa shape index (κ3) is 1.24. The van der Waals surface area contributed by atoms with Gasteiger partial charge in [0.1, 0.15) is 0 Å². The van der Waals surface area contributed by atoms with Crippen LogP contribution in [0.5, 0.6) is 0 Å². The van der Waals surface area contributed by atoms with Crippen molar-refractivity contribution in [1.29, 1.82) is 0 Å². The minimum absolute atomic E-state index is 0.132. The fourth-order valence-corrected chi connectivity index (χ4v) is 1.97. The van der Waals surface area contributed by atoms with Crippen LogP contribution in [0.1, 0.15) is 19.8 Å². The zero-order valence-electron chi connectivity index (χ0n) is 6.21. The Morgan fingerprint density at radius 3 is 2.18 bits per heavy atom. The van der Waals surface area contributed by atoms with Crippen molar-refractivity contribution in [2.45, 2.75) is 25.9 Å². The molecule has 1 aliphatic rings. The van der Waals surface area contributed by atoms with E-state index in [1.165, 1.54) is 0 Å². The molecule has 1 fully saturated rings. The van der Waals surface area contributed by atoms with Crippen molar-refractivity contribution < 1.29 is 13.2 Å². The maximum atomic E-state index is 12.3. The van der Waals surface area contributed by atoms with E-state index in [2.05, 4.69) is 0 Å². The van der Waals surface area contributed by atoms with Crippen LogP contribution < -0.4 is 0 Å². The lowest BCUT2D eigenvalue weighted by atomic mass is 10.0. The second kappa shape index (κ2) is 2.54. The van der Waals surface area contributed by atoms with E-state index >= 15 is 0 Å². The van der Waals surface area contributed by atoms with Crippen molar-refractivity contribution in [3.05, 3.63) is 0 Å². The molecular formula is C7H10ClF3. The first-order chi connectivity index (χ1) is 4.98. The predicted molar refractivity (Wildman–Crippen MR) is 37.6 cm³/mol. The van der Waals surface area contributed by atoms with Crippen LogP contribution in [0.2, 0.25) is 0 Å². The van der Waals surface area contributed by atoms with Crippen LogP contribution in [-0.2, 0) is 0 Å². The summed E-state index contributed by atoms with van der Waals surface area (Å²) >= 11 is 5.37. The molecule has 1 aliphatic carbocycles. The highest BCUT2D eigenvalue weighted by Crippen LogP contribution is 2.64. The average Bonchev–Trinajstić information content (AvgIpc) is 2.60. The predicted octanol–water partition coefficient (Wildman–Crippen LogP) is 3.20. The van der Waals surface area contributed by atoms with E-state index < -0.39 is 11.6 Å². The summed E-state index contributed by atoms with van der Waals surface area (Å²) in [6, 6.07) is 0. The largest absolute Gasteiger partial charge is 0.394 e. The lowest BCUT2D eigenvalue weighted by Gasteiger charge is -2.18. The van der Waals surface area contributed by atoms with Gasteiger partial charge in [-0.15, -0.1) is 11.6 Å². The minimum atomic E-state index is -4.05. The summed E-state index contributed by atoms with van der Waals surface area (Å²) in [7, 11) is 0. The quantitative estimate of drug-likeness (QED) is 0.581. The molecule has 1 saturated carbocycles. The Balaban J connectivity index is 2.67. The average molecular weight is 187 g/mol. The fourth-order valence-electron chi connectivity index (χ4n) is 1.56. The smallest absolute Gasteiger partial charge is 0.170 e. The van der Waals surface area contributed by atoms with Gasteiger partial charge in [0.25, 0.3) is 0 Å². The molecule has 2 atom stereocenters. The molecule has 0 N–H and O–H groups in total. The van der Waals surface area contributed by atoms with E-state index in [-0.39, 0.29) is 24.6 Å². The number of alkyl halides is 4. The zero-order chi connectivity index (χ0) is 8.70. The number of halogens is 4. The molecule has 0 amide bonds. The summed E-state index contributed by atoms with van der Waals surface area (Å²) < 4.78 is 36.8. The monoisotopic (exact) mass is 186 g/mol. The van der Waals surface area contributed by atoms with Gasteiger partial charge in [-0.25, -0.2) is 0 Å². The molecule has 1 rings (SSSR count). The van der Waals surface area contributed by atoms with Crippen LogP contribution in [0.25, 0.3) is 0 Å². The van der Waals surface area contributed by atoms with E-state index in [4.69, 9.17) is 11.6 Å². The van der Waals surface area contributed by atoms with Crippen LogP contribution in [0.4, 0.5) is 13.2 Å². The van der Waals surface area contributed by atoms with Crippen LogP contribution >= 0.6 is 11.6 Å². The van der Waals surface area contributed by atoms with Gasteiger partial charge in [-0.05, 0) is 18.8 Å². The molecule has 0 radical (unpaired) electrons. The number of rotatable bonds is 2. The first-order valence-electron chi connectivity index (χ1n) is 3.60. The molecule has 0 aromatic rings. The molecule has 4 heteroatoms.